The summed E-state index contributed by atoms with van der Waals surface area (Å²) >= 11 is 0. The minimum Gasteiger partial charge on any atom is -0.410 e. The zero-order chi connectivity index (χ0) is 17.6. The van der Waals surface area contributed by atoms with Crippen LogP contribution in [0.25, 0.3) is 0 Å². The number of benzene rings is 2. The van der Waals surface area contributed by atoms with E-state index < -0.39 is 6.09 Å². The molecule has 0 radical (unpaired) electrons. The average Bonchev–Trinajstić information content (AvgIpc) is 2.63. The van der Waals surface area contributed by atoms with E-state index in [2.05, 4.69) is 17.3 Å². The molecule has 0 atom stereocenters. The molecule has 1 saturated heterocycles. The van der Waals surface area contributed by atoms with Crippen LogP contribution in [0.5, 0.6) is 5.75 Å². The van der Waals surface area contributed by atoms with Crippen LogP contribution >= 0.6 is 0 Å². The van der Waals surface area contributed by atoms with E-state index in [9.17, 15) is 9.59 Å². The maximum absolute atomic E-state index is 12.5. The summed E-state index contributed by atoms with van der Waals surface area (Å²) in [6.45, 7) is 3.22. The summed E-state index contributed by atoms with van der Waals surface area (Å²) < 4.78 is 5.23. The maximum atomic E-state index is 12.5. The number of rotatable bonds is 3. The first-order valence-electron chi connectivity index (χ1n) is 8.23. The highest BCUT2D eigenvalue weighted by molar-refractivity contribution is 5.94. The third-order valence-electron chi connectivity index (χ3n) is 4.12. The lowest BCUT2D eigenvalue weighted by atomic mass is 10.1. The zero-order valence-electron chi connectivity index (χ0n) is 14.1. The van der Waals surface area contributed by atoms with Crippen LogP contribution < -0.4 is 10.1 Å². The smallest absolute Gasteiger partial charge is 0.410 e. The van der Waals surface area contributed by atoms with Crippen molar-refractivity contribution in [2.24, 2.45) is 0 Å². The summed E-state index contributed by atoms with van der Waals surface area (Å²) in [7, 11) is 2.05. The van der Waals surface area contributed by atoms with Gasteiger partial charge >= 0.3 is 6.09 Å². The summed E-state index contributed by atoms with van der Waals surface area (Å²) in [6.07, 6.45) is -0.565. The predicted molar refractivity (Wildman–Crippen MR) is 95.9 cm³/mol. The van der Waals surface area contributed by atoms with Gasteiger partial charge in [-0.25, -0.2) is 4.79 Å². The van der Waals surface area contributed by atoms with E-state index in [0.717, 1.165) is 26.2 Å². The largest absolute Gasteiger partial charge is 0.417 e. The number of carbonyl (C=O) groups excluding carboxylic acids is 2. The van der Waals surface area contributed by atoms with E-state index in [-0.39, 0.29) is 5.91 Å². The first-order chi connectivity index (χ1) is 12.1. The van der Waals surface area contributed by atoms with Crippen molar-refractivity contribution in [3.8, 4) is 5.75 Å². The van der Waals surface area contributed by atoms with Gasteiger partial charge < -0.3 is 14.5 Å². The van der Waals surface area contributed by atoms with Crippen molar-refractivity contribution in [2.75, 3.05) is 38.5 Å². The Hall–Kier alpha value is -2.86. The molecule has 1 N–H and O–H groups in total. The molecular weight excluding hydrogens is 318 g/mol. The molecular formula is C19H21N3O3. The van der Waals surface area contributed by atoms with Gasteiger partial charge in [0, 0.05) is 37.4 Å². The molecule has 2 aromatic rings. The van der Waals surface area contributed by atoms with Crippen molar-refractivity contribution in [1.29, 1.82) is 0 Å². The molecule has 2 aromatic carbocycles. The Morgan fingerprint density at radius 3 is 2.20 bits per heavy atom. The molecule has 1 fully saturated rings. The molecule has 1 aliphatic heterocycles. The number of nitrogens with zero attached hydrogens (tertiary/aromatic N) is 2. The molecule has 0 aliphatic carbocycles. The van der Waals surface area contributed by atoms with E-state index in [1.54, 1.807) is 36.4 Å². The number of ether oxygens (including phenoxy) is 1. The van der Waals surface area contributed by atoms with E-state index in [1.165, 1.54) is 0 Å². The number of amides is 2. The van der Waals surface area contributed by atoms with Gasteiger partial charge in [-0.05, 0) is 43.4 Å². The fourth-order valence-electron chi connectivity index (χ4n) is 2.63. The van der Waals surface area contributed by atoms with E-state index in [1.807, 2.05) is 23.1 Å². The molecule has 0 aromatic heterocycles. The van der Waals surface area contributed by atoms with Crippen molar-refractivity contribution >= 4 is 17.7 Å². The topological polar surface area (TPSA) is 61.9 Å². The Balaban J connectivity index is 1.56. The van der Waals surface area contributed by atoms with Crippen LogP contribution in [0.4, 0.5) is 10.5 Å². The highest BCUT2D eigenvalue weighted by Gasteiger charge is 2.20. The molecule has 6 nitrogen and oxygen atoms in total. The van der Waals surface area contributed by atoms with Crippen LogP contribution in [0.1, 0.15) is 10.4 Å². The molecule has 130 valence electrons. The highest BCUT2D eigenvalue weighted by Crippen LogP contribution is 2.16. The number of anilines is 1. The molecule has 0 bridgehead atoms. The third kappa shape index (κ3) is 4.58. The van der Waals surface area contributed by atoms with Crippen LogP contribution in [-0.2, 0) is 0 Å². The number of carbonyl (C=O) groups is 2. The first kappa shape index (κ1) is 17.0. The van der Waals surface area contributed by atoms with Gasteiger partial charge in [-0.1, -0.05) is 18.2 Å². The minimum absolute atomic E-state index is 0.00777. The summed E-state index contributed by atoms with van der Waals surface area (Å²) in [5.74, 6) is 0.400. The van der Waals surface area contributed by atoms with Crippen molar-refractivity contribution in [3.05, 3.63) is 60.2 Å². The average molecular weight is 339 g/mol. The predicted octanol–water partition coefficient (Wildman–Crippen LogP) is 2.69. The molecule has 0 spiro atoms. The molecule has 2 amide bonds. The van der Waals surface area contributed by atoms with Crippen LogP contribution in [0.3, 0.4) is 0 Å². The second-order valence-corrected chi connectivity index (χ2v) is 6.00. The second kappa shape index (κ2) is 7.81. The normalized spacial score (nSPS) is 14.8. The molecule has 1 aliphatic rings. The Labute approximate surface area is 147 Å². The van der Waals surface area contributed by atoms with Gasteiger partial charge in [0.2, 0.25) is 0 Å². The van der Waals surface area contributed by atoms with Crippen LogP contribution in [-0.4, -0.2) is 55.0 Å². The first-order valence-corrected chi connectivity index (χ1v) is 8.23. The third-order valence-corrected chi connectivity index (χ3v) is 4.12. The number of nitrogens with one attached hydrogen (secondary N) is 1. The van der Waals surface area contributed by atoms with Gasteiger partial charge in [0.25, 0.3) is 5.91 Å². The Bertz CT molecular complexity index is 723. The lowest BCUT2D eigenvalue weighted by molar-refractivity contribution is 0.0664. The fourth-order valence-corrected chi connectivity index (χ4v) is 2.63. The zero-order valence-corrected chi connectivity index (χ0v) is 14.1. The standard InChI is InChI=1S/C19H21N3O3/c1-21-11-13-22(14-12-21)18(23)15-7-9-17(10-8-15)25-19(24)20-16-5-3-2-4-6-16/h2-10H,11-14H2,1H3,(H,20,24). The lowest BCUT2D eigenvalue weighted by Crippen LogP contribution is -2.47. The van der Waals surface area contributed by atoms with Gasteiger partial charge in [-0.3, -0.25) is 10.1 Å². The van der Waals surface area contributed by atoms with Gasteiger partial charge in [0.15, 0.2) is 0 Å². The monoisotopic (exact) mass is 339 g/mol. The molecule has 25 heavy (non-hydrogen) atoms. The summed E-state index contributed by atoms with van der Waals surface area (Å²) in [5, 5.41) is 2.64. The van der Waals surface area contributed by atoms with E-state index in [0.29, 0.717) is 17.0 Å². The number of para-hydroxylation sites is 1. The number of hydrogen-bond acceptors (Lipinski definition) is 4. The molecule has 1 heterocycles. The Kier molecular flexibility index (Phi) is 5.30. The van der Waals surface area contributed by atoms with Crippen molar-refractivity contribution in [2.45, 2.75) is 0 Å². The second-order valence-electron chi connectivity index (χ2n) is 6.00. The van der Waals surface area contributed by atoms with Crippen LogP contribution in [0.2, 0.25) is 0 Å². The van der Waals surface area contributed by atoms with Gasteiger partial charge in [-0.15, -0.1) is 0 Å². The molecule has 3 rings (SSSR count). The van der Waals surface area contributed by atoms with Crippen molar-refractivity contribution < 1.29 is 14.3 Å². The summed E-state index contributed by atoms with van der Waals surface area (Å²) in [4.78, 5) is 28.4. The fraction of sp³-hybridized carbons (Fsp3) is 0.263. The van der Waals surface area contributed by atoms with E-state index in [4.69, 9.17) is 4.74 Å². The minimum atomic E-state index is -0.565. The highest BCUT2D eigenvalue weighted by atomic mass is 16.6. The number of hydrogen-bond donors (Lipinski definition) is 1. The maximum Gasteiger partial charge on any atom is 0.417 e. The summed E-state index contributed by atoms with van der Waals surface area (Å²) in [5.41, 5.74) is 1.26. The van der Waals surface area contributed by atoms with Crippen LogP contribution in [0.15, 0.2) is 54.6 Å². The van der Waals surface area contributed by atoms with E-state index >= 15 is 0 Å². The SMILES string of the molecule is CN1CCN(C(=O)c2ccc(OC(=O)Nc3ccccc3)cc2)CC1. The summed E-state index contributed by atoms with van der Waals surface area (Å²) in [6, 6.07) is 15.7. The Morgan fingerprint density at radius 1 is 0.920 bits per heavy atom. The van der Waals surface area contributed by atoms with Gasteiger partial charge in [0.1, 0.15) is 5.75 Å². The number of piperazine rings is 1. The lowest BCUT2D eigenvalue weighted by Gasteiger charge is -2.32. The van der Waals surface area contributed by atoms with Crippen molar-refractivity contribution in [3.63, 3.8) is 0 Å². The van der Waals surface area contributed by atoms with Crippen molar-refractivity contribution in [1.82, 2.24) is 9.80 Å². The van der Waals surface area contributed by atoms with Gasteiger partial charge in [0.05, 0.1) is 0 Å². The molecule has 0 saturated carbocycles. The Morgan fingerprint density at radius 2 is 1.56 bits per heavy atom. The quantitative estimate of drug-likeness (QED) is 0.934. The molecule has 6 heteroatoms. The molecule has 0 unspecified atom stereocenters. The number of likely N-dealkylation sites (N-methyl/N-ethyl adjacent to an activating group) is 1. The van der Waals surface area contributed by atoms with Gasteiger partial charge in [-0.2, -0.15) is 0 Å². The van der Waals surface area contributed by atoms with Crippen LogP contribution in [0, 0.1) is 0 Å².